The Morgan fingerprint density at radius 1 is 1.23 bits per heavy atom. The fraction of sp³-hybridized carbons (Fsp3) is 0.267. The van der Waals surface area contributed by atoms with Crippen molar-refractivity contribution in [2.24, 2.45) is 11.5 Å². The number of carbonyl (C=O) groups excluding carboxylic acids is 1. The average molecular weight is 553 g/mol. The number of nitrogens with one attached hydrogen (secondary N) is 2. The predicted octanol–water partition coefficient (Wildman–Crippen LogP) is 5.18. The first-order valence-electron chi connectivity index (χ1n) is 12.5. The largest absolute Gasteiger partial charge is 0.418 e. The van der Waals surface area contributed by atoms with Crippen LogP contribution in [-0.2, 0) is 0 Å². The van der Waals surface area contributed by atoms with Gasteiger partial charge in [0.25, 0.3) is 5.91 Å². The highest BCUT2D eigenvalue weighted by Gasteiger charge is 2.35. The van der Waals surface area contributed by atoms with Crippen molar-refractivity contribution in [1.29, 1.82) is 0 Å². The lowest BCUT2D eigenvalue weighted by atomic mass is 10.0. The number of rotatable bonds is 9. The Kier molecular flexibility index (Phi) is 11.0. The zero-order chi connectivity index (χ0) is 30.0. The number of carbonyl (C=O) groups is 1. The lowest BCUT2D eigenvalue weighted by molar-refractivity contribution is -0.0881. The van der Waals surface area contributed by atoms with Crippen LogP contribution in [0.5, 0.6) is 0 Å². The second kappa shape index (κ2) is 13.9. The molecule has 1 aromatic carbocycles. The summed E-state index contributed by atoms with van der Waals surface area (Å²) in [5, 5.41) is 5.54. The first-order valence-corrected chi connectivity index (χ1v) is 12.5. The molecule has 1 aromatic heterocycles. The molecular formula is C30H35F3N6O. The number of benzene rings is 1. The summed E-state index contributed by atoms with van der Waals surface area (Å²) in [7, 11) is 0. The van der Waals surface area contributed by atoms with Gasteiger partial charge in [-0.15, -0.1) is 0 Å². The summed E-state index contributed by atoms with van der Waals surface area (Å²) in [6.45, 7) is 12.6. The van der Waals surface area contributed by atoms with Crippen LogP contribution >= 0.6 is 0 Å². The van der Waals surface area contributed by atoms with Crippen LogP contribution in [0.25, 0.3) is 5.70 Å². The molecule has 1 heterocycles. The SMILES string of the molecule is C=C/C(=C\C(=C(/CC)n1cnc(C)c1)C(F)(F)F)NC(=O)c1ccc(C)c(C#C/C(N)=C/C=C(\N)NC(C)C)c1. The van der Waals surface area contributed by atoms with E-state index in [0.717, 1.165) is 17.7 Å². The van der Waals surface area contributed by atoms with Crippen LogP contribution in [0.1, 0.15) is 54.4 Å². The monoisotopic (exact) mass is 552 g/mol. The van der Waals surface area contributed by atoms with Crippen LogP contribution in [0.15, 0.2) is 84.4 Å². The second-order valence-electron chi connectivity index (χ2n) is 9.21. The van der Waals surface area contributed by atoms with Gasteiger partial charge in [0.05, 0.1) is 29.1 Å². The van der Waals surface area contributed by atoms with Gasteiger partial charge in [-0.05, 0) is 82.0 Å². The van der Waals surface area contributed by atoms with Gasteiger partial charge in [0.2, 0.25) is 0 Å². The molecule has 6 N–H and O–H groups in total. The Bertz CT molecular complexity index is 1430. The molecule has 0 aliphatic rings. The van der Waals surface area contributed by atoms with Crippen molar-refractivity contribution in [2.75, 3.05) is 0 Å². The van der Waals surface area contributed by atoms with Crippen LogP contribution in [0.3, 0.4) is 0 Å². The van der Waals surface area contributed by atoms with Crippen molar-refractivity contribution < 1.29 is 18.0 Å². The van der Waals surface area contributed by atoms with Crippen LogP contribution in [-0.4, -0.2) is 27.7 Å². The highest BCUT2D eigenvalue weighted by atomic mass is 19.4. The number of aryl methyl sites for hydroxylation is 2. The van der Waals surface area contributed by atoms with Gasteiger partial charge >= 0.3 is 6.18 Å². The molecule has 0 atom stereocenters. The number of allylic oxidation sites excluding steroid dienone is 7. The van der Waals surface area contributed by atoms with E-state index in [1.807, 2.05) is 20.8 Å². The molecule has 0 radical (unpaired) electrons. The molecule has 2 rings (SSSR count). The molecule has 0 aliphatic heterocycles. The van der Waals surface area contributed by atoms with Gasteiger partial charge in [0, 0.05) is 34.8 Å². The zero-order valence-corrected chi connectivity index (χ0v) is 23.3. The summed E-state index contributed by atoms with van der Waals surface area (Å²) in [5.74, 6) is 5.55. The Morgan fingerprint density at radius 3 is 2.48 bits per heavy atom. The maximum Gasteiger partial charge on any atom is 0.418 e. The Hall–Kier alpha value is -4.65. The van der Waals surface area contributed by atoms with E-state index in [2.05, 4.69) is 34.0 Å². The summed E-state index contributed by atoms with van der Waals surface area (Å²) < 4.78 is 43.6. The summed E-state index contributed by atoms with van der Waals surface area (Å²) in [5.41, 5.74) is 13.1. The third kappa shape index (κ3) is 9.27. The minimum Gasteiger partial charge on any atom is -0.392 e. The van der Waals surface area contributed by atoms with Gasteiger partial charge in [0.15, 0.2) is 0 Å². The van der Waals surface area contributed by atoms with Crippen LogP contribution < -0.4 is 22.1 Å². The zero-order valence-electron chi connectivity index (χ0n) is 23.3. The van der Waals surface area contributed by atoms with E-state index in [9.17, 15) is 18.0 Å². The first-order chi connectivity index (χ1) is 18.7. The number of nitrogens with zero attached hydrogens (tertiary/aromatic N) is 2. The van der Waals surface area contributed by atoms with Gasteiger partial charge in [-0.2, -0.15) is 13.2 Å². The number of aromatic nitrogens is 2. The number of hydrogen-bond acceptors (Lipinski definition) is 5. The van der Waals surface area contributed by atoms with E-state index < -0.39 is 17.7 Å². The quantitative estimate of drug-likeness (QED) is 0.253. The number of amides is 1. The molecule has 0 saturated carbocycles. The van der Waals surface area contributed by atoms with Crippen molar-refractivity contribution in [3.8, 4) is 11.8 Å². The predicted molar refractivity (Wildman–Crippen MR) is 153 cm³/mol. The average Bonchev–Trinajstić information content (AvgIpc) is 3.30. The maximum absolute atomic E-state index is 14.1. The van der Waals surface area contributed by atoms with Gasteiger partial charge in [-0.3, -0.25) is 4.79 Å². The van der Waals surface area contributed by atoms with E-state index in [1.54, 1.807) is 44.2 Å². The number of alkyl halides is 3. The van der Waals surface area contributed by atoms with Crippen molar-refractivity contribution in [2.45, 2.75) is 53.3 Å². The molecule has 2 aromatic rings. The Balaban J connectivity index is 2.38. The maximum atomic E-state index is 14.1. The van der Waals surface area contributed by atoms with Crippen molar-refractivity contribution in [3.63, 3.8) is 0 Å². The van der Waals surface area contributed by atoms with E-state index >= 15 is 0 Å². The fourth-order valence-corrected chi connectivity index (χ4v) is 3.55. The van der Waals surface area contributed by atoms with E-state index in [0.29, 0.717) is 17.1 Å². The Morgan fingerprint density at radius 2 is 1.93 bits per heavy atom. The van der Waals surface area contributed by atoms with E-state index in [4.69, 9.17) is 11.5 Å². The molecule has 7 nitrogen and oxygen atoms in total. The van der Waals surface area contributed by atoms with Crippen molar-refractivity contribution in [1.82, 2.24) is 20.2 Å². The minimum atomic E-state index is -4.69. The van der Waals surface area contributed by atoms with Crippen LogP contribution in [0.4, 0.5) is 13.2 Å². The first kappa shape index (κ1) is 31.6. The minimum absolute atomic E-state index is 0.0168. The second-order valence-corrected chi connectivity index (χ2v) is 9.21. The molecule has 10 heteroatoms. The summed E-state index contributed by atoms with van der Waals surface area (Å²) >= 11 is 0. The highest BCUT2D eigenvalue weighted by molar-refractivity contribution is 5.96. The molecule has 0 spiro atoms. The number of imidazole rings is 1. The molecule has 0 aliphatic carbocycles. The fourth-order valence-electron chi connectivity index (χ4n) is 3.55. The smallest absolute Gasteiger partial charge is 0.392 e. The summed E-state index contributed by atoms with van der Waals surface area (Å²) in [6.07, 6.45) is 3.41. The third-order valence-electron chi connectivity index (χ3n) is 5.49. The lowest BCUT2D eigenvalue weighted by Gasteiger charge is -2.16. The number of nitrogens with two attached hydrogens (primary N) is 2. The van der Waals surface area contributed by atoms with Crippen molar-refractivity contribution >= 4 is 11.6 Å². The van der Waals surface area contributed by atoms with Gasteiger partial charge in [0.1, 0.15) is 0 Å². The molecule has 0 fully saturated rings. The molecule has 0 bridgehead atoms. The lowest BCUT2D eigenvalue weighted by Crippen LogP contribution is -2.26. The third-order valence-corrected chi connectivity index (χ3v) is 5.49. The Labute approximate surface area is 233 Å². The molecular weight excluding hydrogens is 517 g/mol. The molecule has 1 amide bonds. The molecule has 0 unspecified atom stereocenters. The molecule has 212 valence electrons. The van der Waals surface area contributed by atoms with E-state index in [-0.39, 0.29) is 35.1 Å². The highest BCUT2D eigenvalue weighted by Crippen LogP contribution is 2.33. The van der Waals surface area contributed by atoms with Gasteiger partial charge in [-0.1, -0.05) is 25.5 Å². The number of halogens is 3. The topological polar surface area (TPSA) is 111 Å². The van der Waals surface area contributed by atoms with Crippen molar-refractivity contribution in [3.05, 3.63) is 107 Å². The van der Waals surface area contributed by atoms with Crippen LogP contribution in [0.2, 0.25) is 0 Å². The van der Waals surface area contributed by atoms with E-state index in [1.165, 1.54) is 17.1 Å². The standard InChI is InChI=1S/C30H35F3N6O/c1-7-25(16-26(30(31,32)33)27(8-2)39-17-21(6)36-18-39)38-29(40)23-10-9-20(5)22(15-23)11-12-24(34)13-14-28(35)37-19(3)4/h7,9-10,13-19,37H,1,8,34-35H2,2-6H3,(H,38,40)/b24-13-,25-16+,27-26-,28-14+. The molecule has 40 heavy (non-hydrogen) atoms. The van der Waals surface area contributed by atoms with Gasteiger partial charge < -0.3 is 26.7 Å². The van der Waals surface area contributed by atoms with Gasteiger partial charge in [-0.25, -0.2) is 4.98 Å². The molecule has 0 saturated heterocycles. The normalized spacial score (nSPS) is 13.4. The number of hydrogen-bond donors (Lipinski definition) is 4. The summed E-state index contributed by atoms with van der Waals surface area (Å²) in [6, 6.07) is 4.96. The summed E-state index contributed by atoms with van der Waals surface area (Å²) in [4.78, 5) is 17.0. The van der Waals surface area contributed by atoms with Crippen LogP contribution in [0, 0.1) is 25.7 Å².